The molecule has 0 heterocycles. The molecule has 0 aromatic carbocycles. The Morgan fingerprint density at radius 2 is 1.67 bits per heavy atom. The van der Waals surface area contributed by atoms with Crippen LogP contribution in [0.5, 0.6) is 0 Å². The maximum Gasteiger partial charge on any atom is 0.0123 e. The molecule has 0 aliphatic heterocycles. The van der Waals surface area contributed by atoms with E-state index in [0.29, 0.717) is 0 Å². The highest BCUT2D eigenvalue weighted by Gasteiger charge is 2.40. The van der Waals surface area contributed by atoms with Gasteiger partial charge < -0.3 is 5.32 Å². The zero-order valence-corrected chi connectivity index (χ0v) is 8.34. The number of nitrogens with one attached hydrogen (secondary N) is 1. The van der Waals surface area contributed by atoms with Crippen LogP contribution in [-0.2, 0) is 0 Å². The van der Waals surface area contributed by atoms with Gasteiger partial charge in [0.25, 0.3) is 0 Å². The van der Waals surface area contributed by atoms with E-state index in [1.54, 1.807) is 0 Å². The van der Waals surface area contributed by atoms with Crippen LogP contribution >= 0.6 is 0 Å². The van der Waals surface area contributed by atoms with E-state index in [1.807, 2.05) is 0 Å². The van der Waals surface area contributed by atoms with Gasteiger partial charge in [-0.2, -0.15) is 0 Å². The maximum absolute atomic E-state index is 3.67. The second kappa shape index (κ2) is 3.37. The fourth-order valence-corrected chi connectivity index (χ4v) is 3.34. The molecule has 0 aromatic rings. The third kappa shape index (κ3) is 1.28. The third-order valence-corrected chi connectivity index (χ3v) is 4.07. The Balaban J connectivity index is 2.02. The highest BCUT2D eigenvalue weighted by Crippen LogP contribution is 2.44. The van der Waals surface area contributed by atoms with Crippen molar-refractivity contribution in [3.8, 4) is 0 Å². The lowest BCUT2D eigenvalue weighted by Gasteiger charge is -2.47. The van der Waals surface area contributed by atoms with E-state index in [4.69, 9.17) is 0 Å². The summed E-state index contributed by atoms with van der Waals surface area (Å²) in [5, 5.41) is 3.67. The summed E-state index contributed by atoms with van der Waals surface area (Å²) in [5.74, 6) is 2.99. The summed E-state index contributed by atoms with van der Waals surface area (Å²) in [7, 11) is 0. The lowest BCUT2D eigenvalue weighted by Crippen LogP contribution is -2.50. The van der Waals surface area contributed by atoms with Gasteiger partial charge in [-0.1, -0.05) is 13.8 Å². The Bertz CT molecular complexity index is 145. The SMILES string of the molecule is CCN[C@H]1C2CCC(CC2)[C@H]1C. The Kier molecular flexibility index (Phi) is 2.40. The molecule has 70 valence electrons. The Morgan fingerprint density at radius 3 is 2.17 bits per heavy atom. The summed E-state index contributed by atoms with van der Waals surface area (Å²) < 4.78 is 0. The predicted molar refractivity (Wildman–Crippen MR) is 52.1 cm³/mol. The van der Waals surface area contributed by atoms with E-state index in [1.165, 1.54) is 25.7 Å². The van der Waals surface area contributed by atoms with Gasteiger partial charge in [0.2, 0.25) is 0 Å². The van der Waals surface area contributed by atoms with Crippen molar-refractivity contribution in [1.82, 2.24) is 5.32 Å². The van der Waals surface area contributed by atoms with Crippen molar-refractivity contribution < 1.29 is 0 Å². The van der Waals surface area contributed by atoms with Gasteiger partial charge in [0, 0.05) is 6.04 Å². The Labute approximate surface area is 75.9 Å². The number of hydrogen-bond donors (Lipinski definition) is 1. The molecule has 2 atom stereocenters. The molecule has 3 aliphatic carbocycles. The van der Waals surface area contributed by atoms with Crippen LogP contribution in [0.4, 0.5) is 0 Å². The van der Waals surface area contributed by atoms with E-state index < -0.39 is 0 Å². The smallest absolute Gasteiger partial charge is 0.0123 e. The number of fused-ring (bicyclic) bond motifs is 3. The molecule has 0 amide bonds. The molecule has 0 radical (unpaired) electrons. The minimum Gasteiger partial charge on any atom is -0.314 e. The molecule has 0 aromatic heterocycles. The molecule has 1 heteroatoms. The minimum absolute atomic E-state index is 0.850. The summed E-state index contributed by atoms with van der Waals surface area (Å²) in [5.41, 5.74) is 0. The van der Waals surface area contributed by atoms with E-state index in [9.17, 15) is 0 Å². The van der Waals surface area contributed by atoms with Crippen LogP contribution in [0, 0.1) is 17.8 Å². The minimum atomic E-state index is 0.850. The summed E-state index contributed by atoms with van der Waals surface area (Å²) in [6.07, 6.45) is 6.00. The zero-order valence-electron chi connectivity index (χ0n) is 8.34. The van der Waals surface area contributed by atoms with Crippen molar-refractivity contribution in [1.29, 1.82) is 0 Å². The molecule has 1 N–H and O–H groups in total. The lowest BCUT2D eigenvalue weighted by molar-refractivity contribution is 0.0628. The van der Waals surface area contributed by atoms with Crippen LogP contribution in [0.25, 0.3) is 0 Å². The Morgan fingerprint density at radius 1 is 1.08 bits per heavy atom. The average Bonchev–Trinajstić information content (AvgIpc) is 2.12. The van der Waals surface area contributed by atoms with Crippen LogP contribution in [0.1, 0.15) is 39.5 Å². The average molecular weight is 167 g/mol. The summed E-state index contributed by atoms with van der Waals surface area (Å²) in [6.45, 7) is 5.83. The van der Waals surface area contributed by atoms with Crippen LogP contribution < -0.4 is 5.32 Å². The van der Waals surface area contributed by atoms with Crippen LogP contribution in [0.3, 0.4) is 0 Å². The van der Waals surface area contributed by atoms with E-state index in [-0.39, 0.29) is 0 Å². The molecular weight excluding hydrogens is 146 g/mol. The van der Waals surface area contributed by atoms with Gasteiger partial charge in [0.1, 0.15) is 0 Å². The monoisotopic (exact) mass is 167 g/mol. The topological polar surface area (TPSA) is 12.0 Å². The first-order valence-electron chi connectivity index (χ1n) is 5.56. The van der Waals surface area contributed by atoms with Crippen molar-refractivity contribution in [3.05, 3.63) is 0 Å². The van der Waals surface area contributed by atoms with Gasteiger partial charge in [0.15, 0.2) is 0 Å². The van der Waals surface area contributed by atoms with Crippen molar-refractivity contribution >= 4 is 0 Å². The van der Waals surface area contributed by atoms with Crippen molar-refractivity contribution in [2.75, 3.05) is 6.54 Å². The largest absolute Gasteiger partial charge is 0.314 e. The zero-order chi connectivity index (χ0) is 8.55. The second-order valence-electron chi connectivity index (χ2n) is 4.62. The predicted octanol–water partition coefficient (Wildman–Crippen LogP) is 2.42. The quantitative estimate of drug-likeness (QED) is 0.666. The Hall–Kier alpha value is -0.0400. The molecule has 0 spiro atoms. The fraction of sp³-hybridized carbons (Fsp3) is 1.00. The normalized spacial score (nSPS) is 46.5. The molecule has 3 fully saturated rings. The van der Waals surface area contributed by atoms with Crippen molar-refractivity contribution in [3.63, 3.8) is 0 Å². The summed E-state index contributed by atoms with van der Waals surface area (Å²) >= 11 is 0. The molecule has 2 bridgehead atoms. The summed E-state index contributed by atoms with van der Waals surface area (Å²) in [6, 6.07) is 0.850. The van der Waals surface area contributed by atoms with Crippen molar-refractivity contribution in [2.24, 2.45) is 17.8 Å². The molecule has 3 saturated carbocycles. The van der Waals surface area contributed by atoms with E-state index in [2.05, 4.69) is 19.2 Å². The van der Waals surface area contributed by atoms with Crippen LogP contribution in [-0.4, -0.2) is 12.6 Å². The molecule has 3 aliphatic rings. The van der Waals surface area contributed by atoms with Gasteiger partial charge in [-0.15, -0.1) is 0 Å². The molecule has 1 nitrogen and oxygen atoms in total. The highest BCUT2D eigenvalue weighted by atomic mass is 14.9. The van der Waals surface area contributed by atoms with Gasteiger partial charge >= 0.3 is 0 Å². The van der Waals surface area contributed by atoms with E-state index >= 15 is 0 Å². The molecule has 12 heavy (non-hydrogen) atoms. The number of rotatable bonds is 2. The number of hydrogen-bond acceptors (Lipinski definition) is 1. The maximum atomic E-state index is 3.67. The van der Waals surface area contributed by atoms with Crippen molar-refractivity contribution in [2.45, 2.75) is 45.6 Å². The fourth-order valence-electron chi connectivity index (χ4n) is 3.34. The van der Waals surface area contributed by atoms with Gasteiger partial charge in [-0.3, -0.25) is 0 Å². The van der Waals surface area contributed by atoms with Gasteiger partial charge in [-0.05, 0) is 50.0 Å². The van der Waals surface area contributed by atoms with Crippen LogP contribution in [0.15, 0.2) is 0 Å². The first-order valence-corrected chi connectivity index (χ1v) is 5.56. The van der Waals surface area contributed by atoms with Gasteiger partial charge in [-0.25, -0.2) is 0 Å². The van der Waals surface area contributed by atoms with E-state index in [0.717, 1.165) is 30.3 Å². The second-order valence-corrected chi connectivity index (χ2v) is 4.62. The first-order chi connectivity index (χ1) is 5.83. The molecular formula is C11H21N. The lowest BCUT2D eigenvalue weighted by atomic mass is 9.62. The third-order valence-electron chi connectivity index (χ3n) is 4.07. The highest BCUT2D eigenvalue weighted by molar-refractivity contribution is 4.94. The molecule has 0 saturated heterocycles. The van der Waals surface area contributed by atoms with Gasteiger partial charge in [0.05, 0.1) is 0 Å². The van der Waals surface area contributed by atoms with Crippen LogP contribution in [0.2, 0.25) is 0 Å². The standard InChI is InChI=1S/C11H21N/c1-3-12-11-8(2)9-4-6-10(11)7-5-9/h8-12H,3-7H2,1-2H3/t8-,9?,10?,11-/m1/s1. The summed E-state index contributed by atoms with van der Waals surface area (Å²) in [4.78, 5) is 0. The molecule has 3 rings (SSSR count). The first kappa shape index (κ1) is 8.55. The molecule has 0 unspecified atom stereocenters.